The van der Waals surface area contributed by atoms with Crippen molar-refractivity contribution in [3.63, 3.8) is 0 Å². The van der Waals surface area contributed by atoms with Crippen LogP contribution in [0, 0.1) is 18.3 Å². The fourth-order valence-corrected chi connectivity index (χ4v) is 5.02. The van der Waals surface area contributed by atoms with Gasteiger partial charge in [0.25, 0.3) is 0 Å². The number of nitriles is 1. The fraction of sp³-hybridized carbons (Fsp3) is 0.323. The second-order valence-corrected chi connectivity index (χ2v) is 11.1. The lowest BCUT2D eigenvalue weighted by molar-refractivity contribution is -0.138. The van der Waals surface area contributed by atoms with Crippen LogP contribution in [0.3, 0.4) is 0 Å². The summed E-state index contributed by atoms with van der Waals surface area (Å²) >= 11 is 0. The smallest absolute Gasteiger partial charge is 0.416 e. The van der Waals surface area contributed by atoms with Gasteiger partial charge in [0.15, 0.2) is 0 Å². The summed E-state index contributed by atoms with van der Waals surface area (Å²) in [5, 5.41) is 13.5. The highest BCUT2D eigenvalue weighted by molar-refractivity contribution is 5.94. The number of fused-ring (bicyclic) bond motifs is 3. The van der Waals surface area contributed by atoms with Gasteiger partial charge in [-0.25, -0.2) is 9.78 Å². The molecule has 0 unspecified atom stereocenters. The van der Waals surface area contributed by atoms with Gasteiger partial charge in [-0.2, -0.15) is 18.4 Å². The van der Waals surface area contributed by atoms with E-state index in [2.05, 4.69) is 11.4 Å². The van der Waals surface area contributed by atoms with Gasteiger partial charge in [0.1, 0.15) is 23.1 Å². The summed E-state index contributed by atoms with van der Waals surface area (Å²) in [4.78, 5) is 18.9. The summed E-state index contributed by atoms with van der Waals surface area (Å²) < 4.78 is 47.8. The van der Waals surface area contributed by atoms with Crippen LogP contribution < -0.4 is 5.32 Å². The van der Waals surface area contributed by atoms with Crippen LogP contribution >= 0.6 is 0 Å². The van der Waals surface area contributed by atoms with E-state index in [-0.39, 0.29) is 18.2 Å². The summed E-state index contributed by atoms with van der Waals surface area (Å²) in [7, 11) is 0. The van der Waals surface area contributed by atoms with Gasteiger partial charge < -0.3 is 15.0 Å². The van der Waals surface area contributed by atoms with Crippen molar-refractivity contribution in [2.75, 3.05) is 18.4 Å². The highest BCUT2D eigenvalue weighted by atomic mass is 19.4. The molecule has 0 radical (unpaired) electrons. The Kier molecular flexibility index (Phi) is 7.15. The molecule has 3 heterocycles. The van der Waals surface area contributed by atoms with Crippen molar-refractivity contribution in [3.8, 4) is 6.07 Å². The van der Waals surface area contributed by atoms with E-state index >= 15 is 0 Å². The van der Waals surface area contributed by atoms with E-state index in [1.54, 1.807) is 23.2 Å². The van der Waals surface area contributed by atoms with Gasteiger partial charge in [-0.1, -0.05) is 24.3 Å². The zero-order valence-corrected chi connectivity index (χ0v) is 23.3. The fourth-order valence-electron chi connectivity index (χ4n) is 5.02. The molecule has 1 amide bonds. The quantitative estimate of drug-likeness (QED) is 0.282. The second kappa shape index (κ2) is 10.5. The number of aromatic nitrogens is 2. The van der Waals surface area contributed by atoms with Crippen molar-refractivity contribution >= 4 is 34.0 Å². The van der Waals surface area contributed by atoms with E-state index < -0.39 is 17.3 Å². The summed E-state index contributed by atoms with van der Waals surface area (Å²) in [6.45, 7) is 8.04. The van der Waals surface area contributed by atoms with Crippen LogP contribution in [-0.4, -0.2) is 39.1 Å². The molecule has 1 N–H and O–H groups in total. The first-order chi connectivity index (χ1) is 19.3. The third kappa shape index (κ3) is 5.85. The van der Waals surface area contributed by atoms with Crippen molar-refractivity contribution in [1.82, 2.24) is 14.3 Å². The number of nitrogens with one attached hydrogen (secondary N) is 1. The molecule has 0 spiro atoms. The number of halogens is 3. The molecule has 4 aromatic rings. The molecule has 0 aliphatic carbocycles. The largest absolute Gasteiger partial charge is 0.444 e. The van der Waals surface area contributed by atoms with E-state index in [9.17, 15) is 23.2 Å². The summed E-state index contributed by atoms with van der Waals surface area (Å²) in [5.41, 5.74) is 3.26. The lowest BCUT2D eigenvalue weighted by Crippen LogP contribution is -2.39. The number of carbonyl (C=O) groups is 1. The molecule has 0 atom stereocenters. The maximum absolute atomic E-state index is 13.5. The average Bonchev–Trinajstić information content (AvgIpc) is 3.34. The molecule has 0 saturated carbocycles. The second-order valence-electron chi connectivity index (χ2n) is 11.1. The molecule has 0 fully saturated rings. The molecule has 1 aliphatic heterocycles. The molecular formula is C31H30F3N5O2. The van der Waals surface area contributed by atoms with Crippen LogP contribution in [0.1, 0.15) is 55.0 Å². The van der Waals surface area contributed by atoms with Crippen LogP contribution in [-0.2, 0) is 17.5 Å². The predicted molar refractivity (Wildman–Crippen MR) is 151 cm³/mol. The van der Waals surface area contributed by atoms with E-state index in [1.165, 1.54) is 13.0 Å². The number of rotatable bonds is 4. The van der Waals surface area contributed by atoms with Gasteiger partial charge in [0.05, 0.1) is 16.6 Å². The standard InChI is InChI=1S/C31H30F3N5O2/c1-19-23(6-5-7-25(19)31(32,33)34)17-36-28-24-15-22(8-9-26(24)39-18-20(16-35)14-27(39)37-28)21-10-12-38(13-11-21)29(40)41-30(2,3)4/h5-10,14-15,18H,11-13,17H2,1-4H3,(H,36,37). The van der Waals surface area contributed by atoms with E-state index in [1.807, 2.05) is 49.4 Å². The van der Waals surface area contributed by atoms with Crippen LogP contribution in [0.2, 0.25) is 0 Å². The lowest BCUT2D eigenvalue weighted by Gasteiger charge is -2.29. The Labute approximate surface area is 235 Å². The Morgan fingerprint density at radius 1 is 1.17 bits per heavy atom. The minimum atomic E-state index is -4.44. The topological polar surface area (TPSA) is 82.7 Å². The minimum Gasteiger partial charge on any atom is -0.444 e. The zero-order valence-electron chi connectivity index (χ0n) is 23.3. The third-order valence-corrected chi connectivity index (χ3v) is 7.10. The molecule has 1 aliphatic rings. The van der Waals surface area contributed by atoms with Crippen molar-refractivity contribution in [2.45, 2.75) is 52.4 Å². The first kappa shape index (κ1) is 28.0. The van der Waals surface area contributed by atoms with Gasteiger partial charge in [0.2, 0.25) is 0 Å². The first-order valence-corrected chi connectivity index (χ1v) is 13.3. The molecule has 0 saturated heterocycles. The van der Waals surface area contributed by atoms with E-state index in [0.717, 1.165) is 28.1 Å². The first-order valence-electron chi connectivity index (χ1n) is 13.3. The molecule has 7 nitrogen and oxygen atoms in total. The van der Waals surface area contributed by atoms with Crippen LogP contribution in [0.25, 0.3) is 22.1 Å². The number of ether oxygens (including phenoxy) is 1. The Morgan fingerprint density at radius 2 is 1.95 bits per heavy atom. The highest BCUT2D eigenvalue weighted by Gasteiger charge is 2.32. The number of anilines is 1. The van der Waals surface area contributed by atoms with Gasteiger partial charge in [-0.3, -0.25) is 4.40 Å². The van der Waals surface area contributed by atoms with Crippen LogP contribution in [0.5, 0.6) is 0 Å². The van der Waals surface area contributed by atoms with Crippen molar-refractivity contribution < 1.29 is 22.7 Å². The van der Waals surface area contributed by atoms with Crippen molar-refractivity contribution in [1.29, 1.82) is 5.26 Å². The monoisotopic (exact) mass is 561 g/mol. The summed E-state index contributed by atoms with van der Waals surface area (Å²) in [6, 6.07) is 13.9. The summed E-state index contributed by atoms with van der Waals surface area (Å²) in [6.07, 6.45) is -0.442. The number of nitrogens with zero attached hydrogens (tertiary/aromatic N) is 4. The van der Waals surface area contributed by atoms with Gasteiger partial charge in [0, 0.05) is 37.3 Å². The summed E-state index contributed by atoms with van der Waals surface area (Å²) in [5.74, 6) is 0.501. The number of alkyl halides is 3. The maximum Gasteiger partial charge on any atom is 0.416 e. The Bertz CT molecular complexity index is 1720. The van der Waals surface area contributed by atoms with Crippen molar-refractivity contribution in [2.24, 2.45) is 0 Å². The maximum atomic E-state index is 13.5. The normalized spacial score (nSPS) is 14.2. The number of carbonyl (C=O) groups excluding carboxylic acids is 1. The van der Waals surface area contributed by atoms with Gasteiger partial charge in [-0.05, 0) is 74.6 Å². The molecule has 2 aromatic heterocycles. The van der Waals surface area contributed by atoms with E-state index in [0.29, 0.717) is 42.1 Å². The van der Waals surface area contributed by atoms with Gasteiger partial charge >= 0.3 is 12.3 Å². The Balaban J connectivity index is 1.50. The predicted octanol–water partition coefficient (Wildman–Crippen LogP) is 7.32. The molecule has 5 rings (SSSR count). The SMILES string of the molecule is Cc1c(CNc2nc3cc(C#N)cn3c3ccc(C4=CCN(C(=O)OC(C)(C)C)CC4)cc23)cccc1C(F)(F)F. The zero-order chi connectivity index (χ0) is 29.5. The Morgan fingerprint density at radius 3 is 2.61 bits per heavy atom. The number of benzene rings is 2. The minimum absolute atomic E-state index is 0.137. The van der Waals surface area contributed by atoms with Crippen LogP contribution in [0.4, 0.5) is 23.8 Å². The molecule has 212 valence electrons. The highest BCUT2D eigenvalue weighted by Crippen LogP contribution is 2.34. The molecule has 2 aromatic carbocycles. The molecular weight excluding hydrogens is 531 g/mol. The van der Waals surface area contributed by atoms with Gasteiger partial charge in [-0.15, -0.1) is 0 Å². The third-order valence-electron chi connectivity index (χ3n) is 7.10. The van der Waals surface area contributed by atoms with E-state index in [4.69, 9.17) is 9.72 Å². The average molecular weight is 562 g/mol. The molecule has 10 heteroatoms. The van der Waals surface area contributed by atoms with Crippen molar-refractivity contribution in [3.05, 3.63) is 82.6 Å². The number of amides is 1. The van der Waals surface area contributed by atoms with Crippen LogP contribution in [0.15, 0.2) is 54.7 Å². The molecule has 0 bridgehead atoms. The number of hydrogen-bond acceptors (Lipinski definition) is 5. The molecule has 41 heavy (non-hydrogen) atoms. The lowest BCUT2D eigenvalue weighted by atomic mass is 9.98. The Hall–Kier alpha value is -4.52. The number of hydrogen-bond donors (Lipinski definition) is 1.